The highest BCUT2D eigenvalue weighted by Crippen LogP contribution is 2.55. The van der Waals surface area contributed by atoms with Gasteiger partial charge in [-0.15, -0.1) is 0 Å². The largest absolute Gasteiger partial charge is 0.277 e. The van der Waals surface area contributed by atoms with Crippen LogP contribution in [0.4, 0.5) is 8.78 Å². The summed E-state index contributed by atoms with van der Waals surface area (Å²) in [6, 6.07) is 7.46. The van der Waals surface area contributed by atoms with Gasteiger partial charge in [0.2, 0.25) is 0 Å². The van der Waals surface area contributed by atoms with Gasteiger partial charge in [-0.2, -0.15) is 10.4 Å². The van der Waals surface area contributed by atoms with Crippen LogP contribution in [0.5, 0.6) is 0 Å². The van der Waals surface area contributed by atoms with Gasteiger partial charge in [-0.3, -0.25) is 19.0 Å². The fraction of sp³-hybridized carbons (Fsp3) is 0.286. The number of rotatable bonds is 7. The third-order valence-electron chi connectivity index (χ3n) is 7.10. The zero-order valence-corrected chi connectivity index (χ0v) is 23.4. The molecule has 1 aliphatic rings. The van der Waals surface area contributed by atoms with Gasteiger partial charge in [0, 0.05) is 29.9 Å². The van der Waals surface area contributed by atoms with E-state index in [0.717, 1.165) is 28.9 Å². The van der Waals surface area contributed by atoms with Gasteiger partial charge in [-0.25, -0.2) is 17.2 Å². The molecule has 0 aliphatic heterocycles. The lowest BCUT2D eigenvalue weighted by Gasteiger charge is -2.18. The number of sulfone groups is 1. The van der Waals surface area contributed by atoms with Crippen LogP contribution in [-0.2, 0) is 16.4 Å². The number of nitrogens with zero attached hydrogens (tertiary/aromatic N) is 5. The molecule has 40 heavy (non-hydrogen) atoms. The molecule has 3 heterocycles. The Balaban J connectivity index is 1.56. The van der Waals surface area contributed by atoms with E-state index in [-0.39, 0.29) is 28.1 Å². The van der Waals surface area contributed by atoms with E-state index in [4.69, 9.17) is 16.9 Å². The third-order valence-corrected chi connectivity index (χ3v) is 8.60. The molecule has 1 saturated carbocycles. The zero-order chi connectivity index (χ0) is 28.9. The van der Waals surface area contributed by atoms with Gasteiger partial charge in [0.15, 0.2) is 21.5 Å². The van der Waals surface area contributed by atoms with Crippen molar-refractivity contribution in [3.8, 4) is 23.0 Å². The Morgan fingerprint density at radius 2 is 1.93 bits per heavy atom. The molecule has 2 atom stereocenters. The maximum atomic E-state index is 16.0. The Kier molecular flexibility index (Phi) is 7.10. The smallest absolute Gasteiger partial charge is 0.274 e. The second-order valence-corrected chi connectivity index (χ2v) is 12.3. The molecule has 3 aromatic heterocycles. The minimum Gasteiger partial charge on any atom is -0.277 e. The van der Waals surface area contributed by atoms with Crippen LogP contribution in [0.15, 0.2) is 52.5 Å². The van der Waals surface area contributed by atoms with Gasteiger partial charge in [0.25, 0.3) is 5.56 Å². The van der Waals surface area contributed by atoms with E-state index in [1.165, 1.54) is 18.3 Å². The van der Waals surface area contributed by atoms with Gasteiger partial charge in [0.05, 0.1) is 30.9 Å². The number of aryl methyl sites for hydroxylation is 3. The summed E-state index contributed by atoms with van der Waals surface area (Å²) in [6.07, 6.45) is 6.90. The molecule has 0 saturated heterocycles. The summed E-state index contributed by atoms with van der Waals surface area (Å²) in [4.78, 5) is 17.0. The van der Waals surface area contributed by atoms with Crippen LogP contribution in [-0.4, -0.2) is 34.0 Å². The Labute approximate surface area is 234 Å². The highest BCUT2D eigenvalue weighted by molar-refractivity contribution is 7.90. The Hall–Kier alpha value is -3.88. The Morgan fingerprint density at radius 3 is 2.62 bits per heavy atom. The predicted octanol–water partition coefficient (Wildman–Crippen LogP) is 5.23. The Bertz CT molecular complexity index is 1880. The molecule has 0 N–H and O–H groups in total. The molecule has 8 nitrogen and oxygen atoms in total. The molecule has 0 bridgehead atoms. The molecule has 0 spiro atoms. The number of aromatic nitrogens is 4. The standard InChI is InChI=1S/C28H24ClF2N5O3S/c1-15-12-33-26(18-6-4-7-22(24(18)30)40(3,38)39)25(31)27(15)36-16(2)10-21(23(29)28(36)37)20-11-19(20)17-13-34-35(14-17)9-5-8-32/h4,6-7,10,12-14,19-20H,5,9,11H2,1-3H3/t19-,20+/m1/s1. The average molecular weight is 584 g/mol. The molecular weight excluding hydrogens is 560 g/mol. The number of hydrogen-bond donors (Lipinski definition) is 0. The maximum absolute atomic E-state index is 16.0. The van der Waals surface area contributed by atoms with Crippen molar-refractivity contribution in [3.05, 3.63) is 92.3 Å². The van der Waals surface area contributed by atoms with E-state index < -0.39 is 37.6 Å². The monoisotopic (exact) mass is 583 g/mol. The Morgan fingerprint density at radius 1 is 1.18 bits per heavy atom. The van der Waals surface area contributed by atoms with Gasteiger partial charge >= 0.3 is 0 Å². The highest BCUT2D eigenvalue weighted by Gasteiger charge is 2.42. The quantitative estimate of drug-likeness (QED) is 0.294. The van der Waals surface area contributed by atoms with Crippen molar-refractivity contribution >= 4 is 21.4 Å². The van der Waals surface area contributed by atoms with Gasteiger partial charge in [0.1, 0.15) is 15.6 Å². The summed E-state index contributed by atoms with van der Waals surface area (Å²) in [5, 5.41) is 13.0. The fourth-order valence-electron chi connectivity index (χ4n) is 5.05. The van der Waals surface area contributed by atoms with Crippen LogP contribution in [0, 0.1) is 36.8 Å². The summed E-state index contributed by atoms with van der Waals surface area (Å²) >= 11 is 6.58. The molecule has 4 aromatic rings. The van der Waals surface area contributed by atoms with Gasteiger partial charge in [-0.1, -0.05) is 17.7 Å². The first-order valence-electron chi connectivity index (χ1n) is 12.4. The molecule has 5 rings (SSSR count). The highest BCUT2D eigenvalue weighted by atomic mass is 35.5. The van der Waals surface area contributed by atoms with Gasteiger partial charge in [-0.05, 0) is 67.0 Å². The fourth-order valence-corrected chi connectivity index (χ4v) is 6.09. The summed E-state index contributed by atoms with van der Waals surface area (Å²) < 4.78 is 58.1. The van der Waals surface area contributed by atoms with E-state index >= 15 is 8.78 Å². The lowest BCUT2D eigenvalue weighted by molar-refractivity contribution is 0.569. The number of nitriles is 1. The van der Waals surface area contributed by atoms with Crippen LogP contribution < -0.4 is 5.56 Å². The van der Waals surface area contributed by atoms with Crippen LogP contribution in [0.25, 0.3) is 16.9 Å². The number of halogens is 3. The average Bonchev–Trinajstić information content (AvgIpc) is 3.55. The normalized spacial score (nSPS) is 16.6. The van der Waals surface area contributed by atoms with Crippen molar-refractivity contribution < 1.29 is 17.2 Å². The van der Waals surface area contributed by atoms with E-state index in [0.29, 0.717) is 29.8 Å². The zero-order valence-electron chi connectivity index (χ0n) is 21.8. The molecular formula is C28H24ClF2N5O3S. The predicted molar refractivity (Wildman–Crippen MR) is 145 cm³/mol. The van der Waals surface area contributed by atoms with Crippen molar-refractivity contribution in [1.29, 1.82) is 5.26 Å². The van der Waals surface area contributed by atoms with E-state index in [9.17, 15) is 13.2 Å². The minimum absolute atomic E-state index is 0.0195. The van der Waals surface area contributed by atoms with Crippen molar-refractivity contribution in [3.63, 3.8) is 0 Å². The lowest BCUT2D eigenvalue weighted by Crippen LogP contribution is -2.24. The van der Waals surface area contributed by atoms with Crippen molar-refractivity contribution in [2.45, 2.75) is 50.0 Å². The first-order valence-corrected chi connectivity index (χ1v) is 14.7. The van der Waals surface area contributed by atoms with Crippen LogP contribution in [0.2, 0.25) is 5.02 Å². The molecule has 1 aliphatic carbocycles. The molecule has 1 aromatic carbocycles. The van der Waals surface area contributed by atoms with Crippen molar-refractivity contribution in [2.75, 3.05) is 6.26 Å². The molecule has 1 fully saturated rings. The maximum Gasteiger partial charge on any atom is 0.274 e. The molecule has 0 amide bonds. The first kappa shape index (κ1) is 27.7. The third kappa shape index (κ3) is 4.82. The van der Waals surface area contributed by atoms with E-state index in [1.807, 2.05) is 6.20 Å². The summed E-state index contributed by atoms with van der Waals surface area (Å²) in [7, 11) is -3.92. The van der Waals surface area contributed by atoms with E-state index in [2.05, 4.69) is 16.2 Å². The SMILES string of the molecule is Cc1cnc(-c2cccc(S(C)(=O)=O)c2F)c(F)c1-n1c(C)cc([C@H]2C[C@@H]2c2cnn(CCC#N)c2)c(Cl)c1=O. The lowest BCUT2D eigenvalue weighted by atomic mass is 10.0. The van der Waals surface area contributed by atoms with Gasteiger partial charge < -0.3 is 0 Å². The van der Waals surface area contributed by atoms with E-state index in [1.54, 1.807) is 30.8 Å². The van der Waals surface area contributed by atoms with Crippen LogP contribution >= 0.6 is 11.6 Å². The molecule has 0 radical (unpaired) electrons. The summed E-state index contributed by atoms with van der Waals surface area (Å²) in [5.74, 6) is -2.01. The second-order valence-electron chi connectivity index (χ2n) is 9.93. The van der Waals surface area contributed by atoms with Crippen LogP contribution in [0.3, 0.4) is 0 Å². The molecule has 12 heteroatoms. The minimum atomic E-state index is -3.92. The molecule has 0 unspecified atom stereocenters. The number of pyridine rings is 2. The number of hydrogen-bond acceptors (Lipinski definition) is 6. The topological polar surface area (TPSA) is 111 Å². The number of benzene rings is 1. The molecule has 206 valence electrons. The first-order chi connectivity index (χ1) is 18.9. The van der Waals surface area contributed by atoms with Crippen molar-refractivity contribution in [2.24, 2.45) is 0 Å². The van der Waals surface area contributed by atoms with Crippen LogP contribution in [0.1, 0.15) is 47.1 Å². The second kappa shape index (κ2) is 10.3. The summed E-state index contributed by atoms with van der Waals surface area (Å²) in [6.45, 7) is 3.71. The summed E-state index contributed by atoms with van der Waals surface area (Å²) in [5.41, 5.74) is 0.826. The van der Waals surface area contributed by atoms with Crippen molar-refractivity contribution in [1.82, 2.24) is 19.3 Å².